The maximum atomic E-state index is 5.69. The summed E-state index contributed by atoms with van der Waals surface area (Å²) in [5.74, 6) is 0.677. The molecule has 2 aliphatic rings. The van der Waals surface area contributed by atoms with E-state index >= 15 is 0 Å². The maximum absolute atomic E-state index is 5.69. The van der Waals surface area contributed by atoms with Crippen molar-refractivity contribution in [2.75, 3.05) is 9.80 Å². The van der Waals surface area contributed by atoms with Crippen molar-refractivity contribution in [3.05, 3.63) is 322 Å². The van der Waals surface area contributed by atoms with E-state index < -0.39 is 0 Å². The van der Waals surface area contributed by atoms with Gasteiger partial charge in [0.05, 0.1) is 11.2 Å². The number of fused-ring (bicyclic) bond motifs is 11. The summed E-state index contributed by atoms with van der Waals surface area (Å²) in [4.78, 5) is 16.2. The predicted octanol–water partition coefficient (Wildman–Crippen LogP) is 20.3. The van der Waals surface area contributed by atoms with Gasteiger partial charge in [-0.2, -0.15) is 0 Å². The first-order valence-electron chi connectivity index (χ1n) is 30.6. The number of benzene rings is 15. The molecule has 2 aliphatic heterocycles. The number of hydrogen-bond acceptors (Lipinski definition) is 4. The van der Waals surface area contributed by atoms with Crippen LogP contribution in [0.1, 0.15) is 0 Å². The Labute approximate surface area is 516 Å². The Bertz CT molecular complexity index is 5110. The summed E-state index contributed by atoms with van der Waals surface area (Å²) in [5, 5.41) is 10.7. The maximum Gasteiger partial charge on any atom is 0.252 e. The van der Waals surface area contributed by atoms with Crippen molar-refractivity contribution in [3.63, 3.8) is 0 Å². The Balaban J connectivity index is 1.03. The van der Waals surface area contributed by atoms with Gasteiger partial charge in [-0.05, 0) is 171 Å². The monoisotopic (exact) mass is 1130 g/mol. The second-order valence-corrected chi connectivity index (χ2v) is 23.6. The topological polar surface area (TPSA) is 32.3 Å². The van der Waals surface area contributed by atoms with Crippen LogP contribution in [0.15, 0.2) is 322 Å². The molecule has 16 aromatic rings. The standard InChI is InChI=1S/C84H53BN4/c1-6-22-54(23-7-1)63-42-64(55-24-8-2-9-25-55)45-68(44-63)88-78-48-61-40-38-58-30-16-18-34-70(58)73(61)52-75(78)85-76-53-74-62(41-39-59-31-17-19-35-71(59)74)49-79(76)89(69-46-65(56-26-10-3-11-27-56)43-66(47-69)57-28-12-4-13-29-57)81-51-67(50-80(88)82(81)85)83-72-36-20-21-37-77(72)86-84(87-83)60-32-14-5-15-33-60/h1-53H. The van der Waals surface area contributed by atoms with Crippen molar-refractivity contribution >= 4 is 111 Å². The first-order chi connectivity index (χ1) is 44.1. The molecule has 15 aromatic carbocycles. The Morgan fingerprint density at radius 3 is 1.04 bits per heavy atom. The van der Waals surface area contributed by atoms with Crippen LogP contribution in [0.4, 0.5) is 34.1 Å². The third-order valence-electron chi connectivity index (χ3n) is 18.5. The van der Waals surface area contributed by atoms with Crippen LogP contribution in [0.25, 0.3) is 121 Å². The van der Waals surface area contributed by atoms with E-state index in [0.29, 0.717) is 5.82 Å². The normalized spacial score (nSPS) is 12.4. The molecular weight excluding hydrogens is 1080 g/mol. The summed E-state index contributed by atoms with van der Waals surface area (Å²) in [5.41, 5.74) is 23.0. The summed E-state index contributed by atoms with van der Waals surface area (Å²) in [6, 6.07) is 119. The summed E-state index contributed by atoms with van der Waals surface area (Å²) < 4.78 is 0. The third kappa shape index (κ3) is 8.46. The average Bonchev–Trinajstić information content (AvgIpc) is 0.734. The SMILES string of the molecule is c1ccc(-c2cc(-c3ccccc3)cc(N3c4cc5ccc6ccccc6c5cc4B4c5cc6c(ccc7ccccc76)cc5N(c5cc(-c6ccccc6)cc(-c6ccccc6)c5)c5cc(-c6nc(-c7ccccc7)nc7ccccc67)cc3c54)c2)cc1. The lowest BCUT2D eigenvalue weighted by Crippen LogP contribution is -2.61. The molecule has 4 nitrogen and oxygen atoms in total. The molecule has 3 heterocycles. The van der Waals surface area contributed by atoms with Gasteiger partial charge in [0.1, 0.15) is 0 Å². The molecule has 0 saturated heterocycles. The summed E-state index contributed by atoms with van der Waals surface area (Å²) in [7, 11) is 0. The van der Waals surface area contributed by atoms with Crippen LogP contribution >= 0.6 is 0 Å². The predicted molar refractivity (Wildman–Crippen MR) is 376 cm³/mol. The second-order valence-electron chi connectivity index (χ2n) is 23.6. The smallest absolute Gasteiger partial charge is 0.252 e. The zero-order valence-electron chi connectivity index (χ0n) is 48.5. The van der Waals surface area contributed by atoms with E-state index in [1.165, 1.54) is 59.5 Å². The number of anilines is 6. The van der Waals surface area contributed by atoms with Gasteiger partial charge in [0.2, 0.25) is 0 Å². The molecule has 0 fully saturated rings. The van der Waals surface area contributed by atoms with Crippen LogP contribution in [0.3, 0.4) is 0 Å². The van der Waals surface area contributed by atoms with Crippen molar-refractivity contribution in [1.29, 1.82) is 0 Å². The molecule has 412 valence electrons. The van der Waals surface area contributed by atoms with Gasteiger partial charge < -0.3 is 9.80 Å². The molecule has 0 aliphatic carbocycles. The van der Waals surface area contributed by atoms with Crippen LogP contribution in [-0.4, -0.2) is 16.7 Å². The number of para-hydroxylation sites is 1. The molecule has 0 bridgehead atoms. The Kier molecular flexibility index (Phi) is 11.7. The minimum Gasteiger partial charge on any atom is -0.311 e. The summed E-state index contributed by atoms with van der Waals surface area (Å²) in [6.07, 6.45) is 0. The minimum atomic E-state index is -0.225. The lowest BCUT2D eigenvalue weighted by Gasteiger charge is -2.45. The van der Waals surface area contributed by atoms with Crippen molar-refractivity contribution in [2.45, 2.75) is 0 Å². The molecular formula is C84H53BN4. The molecule has 0 unspecified atom stereocenters. The Morgan fingerprint density at radius 1 is 0.236 bits per heavy atom. The number of rotatable bonds is 8. The van der Waals surface area contributed by atoms with Gasteiger partial charge in [-0.15, -0.1) is 0 Å². The van der Waals surface area contributed by atoms with Crippen LogP contribution in [0, 0.1) is 0 Å². The Hall–Kier alpha value is -11.7. The van der Waals surface area contributed by atoms with Crippen molar-refractivity contribution < 1.29 is 0 Å². The van der Waals surface area contributed by atoms with Crippen molar-refractivity contribution in [2.24, 2.45) is 0 Å². The average molecular weight is 1130 g/mol. The van der Waals surface area contributed by atoms with Crippen LogP contribution in [0.2, 0.25) is 0 Å². The summed E-state index contributed by atoms with van der Waals surface area (Å²) in [6.45, 7) is -0.225. The van der Waals surface area contributed by atoms with Gasteiger partial charge >= 0.3 is 0 Å². The van der Waals surface area contributed by atoms with Crippen molar-refractivity contribution in [1.82, 2.24) is 9.97 Å². The van der Waals surface area contributed by atoms with Crippen LogP contribution in [-0.2, 0) is 0 Å². The molecule has 5 heteroatoms. The van der Waals surface area contributed by atoms with Crippen LogP contribution < -0.4 is 26.2 Å². The molecule has 0 saturated carbocycles. The fourth-order valence-corrected chi connectivity index (χ4v) is 14.4. The lowest BCUT2D eigenvalue weighted by atomic mass is 9.33. The molecule has 0 spiro atoms. The number of aromatic nitrogens is 2. The van der Waals surface area contributed by atoms with E-state index in [1.54, 1.807) is 0 Å². The van der Waals surface area contributed by atoms with Gasteiger partial charge in [0, 0.05) is 50.6 Å². The molecule has 0 atom stereocenters. The highest BCUT2D eigenvalue weighted by molar-refractivity contribution is 7.00. The van der Waals surface area contributed by atoms with Gasteiger partial charge in [0.25, 0.3) is 6.71 Å². The quantitative estimate of drug-likeness (QED) is 0.112. The zero-order valence-corrected chi connectivity index (χ0v) is 48.5. The molecule has 89 heavy (non-hydrogen) atoms. The minimum absolute atomic E-state index is 0.225. The highest BCUT2D eigenvalue weighted by atomic mass is 15.2. The van der Waals surface area contributed by atoms with Gasteiger partial charge in [-0.25, -0.2) is 9.97 Å². The third-order valence-corrected chi connectivity index (χ3v) is 18.5. The molecule has 18 rings (SSSR count). The lowest BCUT2D eigenvalue weighted by molar-refractivity contribution is 1.22. The van der Waals surface area contributed by atoms with E-state index in [4.69, 9.17) is 9.97 Å². The van der Waals surface area contributed by atoms with Gasteiger partial charge in [0.15, 0.2) is 5.82 Å². The van der Waals surface area contributed by atoms with E-state index in [9.17, 15) is 0 Å². The molecule has 0 N–H and O–H groups in total. The largest absolute Gasteiger partial charge is 0.311 e. The first-order valence-corrected chi connectivity index (χ1v) is 30.6. The summed E-state index contributed by atoms with van der Waals surface area (Å²) >= 11 is 0. The van der Waals surface area contributed by atoms with Crippen LogP contribution in [0.5, 0.6) is 0 Å². The van der Waals surface area contributed by atoms with E-state index in [0.717, 1.165) is 106 Å². The molecule has 0 amide bonds. The Morgan fingerprint density at radius 2 is 0.607 bits per heavy atom. The number of hydrogen-bond donors (Lipinski definition) is 0. The first kappa shape index (κ1) is 50.6. The van der Waals surface area contributed by atoms with Gasteiger partial charge in [-0.3, -0.25) is 0 Å². The van der Waals surface area contributed by atoms with Crippen molar-refractivity contribution in [3.8, 4) is 67.2 Å². The highest BCUT2D eigenvalue weighted by Gasteiger charge is 2.45. The van der Waals surface area contributed by atoms with E-state index in [1.807, 2.05) is 0 Å². The second kappa shape index (κ2) is 20.5. The number of nitrogens with zero attached hydrogens (tertiary/aromatic N) is 4. The zero-order chi connectivity index (χ0) is 58.5. The fourth-order valence-electron chi connectivity index (χ4n) is 14.4. The molecule has 0 radical (unpaired) electrons. The van der Waals surface area contributed by atoms with Gasteiger partial charge in [-0.1, -0.05) is 255 Å². The van der Waals surface area contributed by atoms with E-state index in [-0.39, 0.29) is 6.71 Å². The fraction of sp³-hybridized carbons (Fsp3) is 0. The van der Waals surface area contributed by atoms with E-state index in [2.05, 4.69) is 331 Å². The highest BCUT2D eigenvalue weighted by Crippen LogP contribution is 2.50. The molecule has 1 aromatic heterocycles.